The van der Waals surface area contributed by atoms with Crippen molar-refractivity contribution >= 4 is 17.9 Å². The van der Waals surface area contributed by atoms with Gasteiger partial charge in [-0.2, -0.15) is 0 Å². The zero-order valence-electron chi connectivity index (χ0n) is 45.4. The lowest BCUT2D eigenvalue weighted by atomic mass is 10.1. The summed E-state index contributed by atoms with van der Waals surface area (Å²) in [5.41, 5.74) is 0. The Hall–Kier alpha value is -2.63. The molecular formula is C62H112O6. The zero-order valence-corrected chi connectivity index (χ0v) is 45.4. The minimum atomic E-state index is -0.801. The van der Waals surface area contributed by atoms with Crippen LogP contribution in [0.3, 0.4) is 0 Å². The largest absolute Gasteiger partial charge is 0.462 e. The molecule has 0 fully saturated rings. The van der Waals surface area contributed by atoms with Gasteiger partial charge in [-0.25, -0.2) is 0 Å². The van der Waals surface area contributed by atoms with Gasteiger partial charge in [0.2, 0.25) is 0 Å². The lowest BCUT2D eigenvalue weighted by molar-refractivity contribution is -0.166. The second kappa shape index (κ2) is 57.0. The second-order valence-corrected chi connectivity index (χ2v) is 19.9. The fourth-order valence-electron chi connectivity index (χ4n) is 8.55. The van der Waals surface area contributed by atoms with Crippen LogP contribution in [-0.2, 0) is 28.6 Å². The van der Waals surface area contributed by atoms with Crippen molar-refractivity contribution in [1.29, 1.82) is 0 Å². The van der Waals surface area contributed by atoms with E-state index in [2.05, 4.69) is 63.3 Å². The minimum Gasteiger partial charge on any atom is -0.462 e. The van der Waals surface area contributed by atoms with Crippen molar-refractivity contribution in [2.24, 2.45) is 0 Å². The summed E-state index contributed by atoms with van der Waals surface area (Å²) in [7, 11) is 0. The number of carbonyl (C=O) groups excluding carboxylic acids is 3. The molecule has 396 valence electrons. The summed E-state index contributed by atoms with van der Waals surface area (Å²) in [6.07, 6.45) is 69.8. The molecule has 0 N–H and O–H groups in total. The Morgan fingerprint density at radius 1 is 0.294 bits per heavy atom. The molecule has 0 heterocycles. The third kappa shape index (κ3) is 54.3. The maximum absolute atomic E-state index is 12.9. The fraction of sp³-hybridized carbons (Fsp3) is 0.823. The van der Waals surface area contributed by atoms with Crippen molar-refractivity contribution in [3.63, 3.8) is 0 Å². The zero-order chi connectivity index (χ0) is 49.3. The molecule has 0 radical (unpaired) electrons. The average molecular weight is 954 g/mol. The van der Waals surface area contributed by atoms with Gasteiger partial charge in [-0.05, 0) is 89.9 Å². The Balaban J connectivity index is 4.39. The Morgan fingerprint density at radius 3 is 0.912 bits per heavy atom. The van der Waals surface area contributed by atoms with Crippen LogP contribution >= 0.6 is 0 Å². The predicted octanol–water partition coefficient (Wildman–Crippen LogP) is 19.8. The highest BCUT2D eigenvalue weighted by Gasteiger charge is 2.19. The van der Waals surface area contributed by atoms with E-state index in [9.17, 15) is 14.4 Å². The number of esters is 3. The first-order chi connectivity index (χ1) is 33.5. The molecule has 1 atom stereocenters. The maximum atomic E-state index is 12.9. The standard InChI is InChI=1S/C62H112O6/c1-4-7-10-13-16-19-22-25-27-29-31-33-34-37-40-43-46-49-52-55-61(64)67-58-59(57-66-60(63)54-51-48-45-42-39-36-24-21-18-15-12-9-6-3)68-62(65)56-53-50-47-44-41-38-35-32-30-28-26-23-20-17-14-11-8-5-2/h29,31-32,35-36,39,45,48,59H,4-28,30,33-34,37-38,40-44,46-47,49-58H2,1-3H3/b31-29-,35-32-,39-36-,48-45-. The number of carbonyl (C=O) groups is 3. The lowest BCUT2D eigenvalue weighted by Crippen LogP contribution is -2.30. The van der Waals surface area contributed by atoms with Gasteiger partial charge in [0, 0.05) is 19.3 Å². The van der Waals surface area contributed by atoms with Crippen molar-refractivity contribution in [2.75, 3.05) is 13.2 Å². The van der Waals surface area contributed by atoms with Crippen LogP contribution in [0.1, 0.15) is 310 Å². The molecule has 0 aromatic carbocycles. The van der Waals surface area contributed by atoms with Crippen LogP contribution in [0.25, 0.3) is 0 Å². The van der Waals surface area contributed by atoms with Crippen LogP contribution < -0.4 is 0 Å². The number of unbranched alkanes of at least 4 members (excludes halogenated alkanes) is 35. The summed E-state index contributed by atoms with van der Waals surface area (Å²) < 4.78 is 16.8. The first-order valence-electron chi connectivity index (χ1n) is 29.6. The molecule has 0 aromatic rings. The molecule has 0 saturated carbocycles. The molecule has 68 heavy (non-hydrogen) atoms. The molecule has 6 nitrogen and oxygen atoms in total. The monoisotopic (exact) mass is 953 g/mol. The van der Waals surface area contributed by atoms with E-state index in [-0.39, 0.29) is 37.5 Å². The molecule has 1 unspecified atom stereocenters. The van der Waals surface area contributed by atoms with E-state index < -0.39 is 6.10 Å². The smallest absolute Gasteiger partial charge is 0.306 e. The van der Waals surface area contributed by atoms with E-state index in [4.69, 9.17) is 14.2 Å². The number of hydrogen-bond acceptors (Lipinski definition) is 6. The molecule has 0 aliphatic heterocycles. The normalized spacial score (nSPS) is 12.3. The van der Waals surface area contributed by atoms with E-state index in [1.807, 2.05) is 6.08 Å². The molecule has 0 saturated heterocycles. The van der Waals surface area contributed by atoms with Gasteiger partial charge in [0.25, 0.3) is 0 Å². The molecule has 6 heteroatoms. The van der Waals surface area contributed by atoms with Crippen molar-refractivity contribution in [1.82, 2.24) is 0 Å². The van der Waals surface area contributed by atoms with E-state index in [0.29, 0.717) is 19.3 Å². The van der Waals surface area contributed by atoms with E-state index in [1.165, 1.54) is 199 Å². The highest BCUT2D eigenvalue weighted by molar-refractivity contribution is 5.71. The predicted molar refractivity (Wildman–Crippen MR) is 293 cm³/mol. The van der Waals surface area contributed by atoms with Crippen LogP contribution in [-0.4, -0.2) is 37.2 Å². The van der Waals surface area contributed by atoms with Crippen LogP contribution in [0.2, 0.25) is 0 Å². The van der Waals surface area contributed by atoms with Crippen molar-refractivity contribution < 1.29 is 28.6 Å². The molecular weight excluding hydrogens is 841 g/mol. The summed E-state index contributed by atoms with van der Waals surface area (Å²) in [6, 6.07) is 0. The maximum Gasteiger partial charge on any atom is 0.306 e. The van der Waals surface area contributed by atoms with Crippen LogP contribution in [0.4, 0.5) is 0 Å². The second-order valence-electron chi connectivity index (χ2n) is 19.9. The van der Waals surface area contributed by atoms with Crippen molar-refractivity contribution in [3.8, 4) is 0 Å². The highest BCUT2D eigenvalue weighted by atomic mass is 16.6. The quantitative estimate of drug-likeness (QED) is 0.0262. The first-order valence-corrected chi connectivity index (χ1v) is 29.6. The third-order valence-corrected chi connectivity index (χ3v) is 13.0. The molecule has 0 aromatic heterocycles. The lowest BCUT2D eigenvalue weighted by Gasteiger charge is -2.18. The van der Waals surface area contributed by atoms with Crippen LogP contribution in [0.5, 0.6) is 0 Å². The fourth-order valence-corrected chi connectivity index (χ4v) is 8.55. The number of ether oxygens (including phenoxy) is 3. The Labute approximate surface area is 422 Å². The molecule has 0 aliphatic rings. The van der Waals surface area contributed by atoms with Gasteiger partial charge >= 0.3 is 17.9 Å². The number of allylic oxidation sites excluding steroid dienone is 8. The van der Waals surface area contributed by atoms with E-state index in [1.54, 1.807) is 0 Å². The van der Waals surface area contributed by atoms with Gasteiger partial charge < -0.3 is 14.2 Å². The molecule has 0 rings (SSSR count). The highest BCUT2D eigenvalue weighted by Crippen LogP contribution is 2.15. The molecule has 0 aliphatic carbocycles. The van der Waals surface area contributed by atoms with Gasteiger partial charge in [0.15, 0.2) is 6.10 Å². The first kappa shape index (κ1) is 65.4. The van der Waals surface area contributed by atoms with Gasteiger partial charge in [-0.15, -0.1) is 0 Å². The van der Waals surface area contributed by atoms with Crippen molar-refractivity contribution in [3.05, 3.63) is 48.6 Å². The molecule has 0 bridgehead atoms. The third-order valence-electron chi connectivity index (χ3n) is 13.0. The van der Waals surface area contributed by atoms with Gasteiger partial charge in [0.1, 0.15) is 13.2 Å². The summed E-state index contributed by atoms with van der Waals surface area (Å²) >= 11 is 0. The van der Waals surface area contributed by atoms with Gasteiger partial charge in [-0.3, -0.25) is 14.4 Å². The molecule has 0 amide bonds. The summed E-state index contributed by atoms with van der Waals surface area (Å²) in [6.45, 7) is 6.60. The topological polar surface area (TPSA) is 78.9 Å². The summed E-state index contributed by atoms with van der Waals surface area (Å²) in [5, 5.41) is 0. The van der Waals surface area contributed by atoms with Gasteiger partial charge in [0.05, 0.1) is 0 Å². The van der Waals surface area contributed by atoms with E-state index in [0.717, 1.165) is 64.2 Å². The minimum absolute atomic E-state index is 0.0942. The van der Waals surface area contributed by atoms with E-state index >= 15 is 0 Å². The Kier molecular flexibility index (Phi) is 54.8. The SMILES string of the molecule is CCCCCCCC/C=C\C/C=C\CCC(=O)OCC(COC(=O)CCCCCCCCC/C=C\CCCCCCCCCC)OC(=O)CCCCCCC/C=C\CCCCCCCCCCC. The molecule has 0 spiro atoms. The Morgan fingerprint density at radius 2 is 0.559 bits per heavy atom. The summed E-state index contributed by atoms with van der Waals surface area (Å²) in [4.78, 5) is 38.1. The van der Waals surface area contributed by atoms with Gasteiger partial charge in [-0.1, -0.05) is 249 Å². The van der Waals surface area contributed by atoms with Crippen LogP contribution in [0, 0.1) is 0 Å². The number of hydrogen-bond donors (Lipinski definition) is 0. The van der Waals surface area contributed by atoms with Crippen molar-refractivity contribution in [2.45, 2.75) is 316 Å². The number of rotatable bonds is 54. The van der Waals surface area contributed by atoms with Crippen LogP contribution in [0.15, 0.2) is 48.6 Å². The Bertz CT molecular complexity index is 1190. The summed E-state index contributed by atoms with van der Waals surface area (Å²) in [5.74, 6) is -0.964. The average Bonchev–Trinajstić information content (AvgIpc) is 3.34.